The number of hydrogen-bond donors (Lipinski definition) is 1. The number of nitro groups is 1. The summed E-state index contributed by atoms with van der Waals surface area (Å²) in [6.07, 6.45) is 0.932. The SMILES string of the molecule is CCC(NCc1ccc(Cl)cc1[N+](=O)[O-])c1cccs1. The molecule has 0 saturated carbocycles. The predicted octanol–water partition coefficient (Wildman–Crippen LogP) is 4.55. The van der Waals surface area contributed by atoms with Gasteiger partial charge in [-0.2, -0.15) is 0 Å². The molecule has 1 N–H and O–H groups in total. The van der Waals surface area contributed by atoms with Crippen LogP contribution >= 0.6 is 22.9 Å². The first-order valence-electron chi connectivity index (χ1n) is 6.31. The van der Waals surface area contributed by atoms with Crippen LogP contribution in [-0.4, -0.2) is 4.92 Å². The summed E-state index contributed by atoms with van der Waals surface area (Å²) in [5.74, 6) is 0. The highest BCUT2D eigenvalue weighted by atomic mass is 35.5. The minimum atomic E-state index is -0.394. The van der Waals surface area contributed by atoms with Crippen LogP contribution in [0.1, 0.15) is 29.8 Å². The fraction of sp³-hybridized carbons (Fsp3) is 0.286. The van der Waals surface area contributed by atoms with E-state index in [0.717, 1.165) is 6.42 Å². The summed E-state index contributed by atoms with van der Waals surface area (Å²) in [5, 5.41) is 16.8. The van der Waals surface area contributed by atoms with Crippen LogP contribution in [0, 0.1) is 10.1 Å². The maximum atomic E-state index is 11.0. The van der Waals surface area contributed by atoms with E-state index >= 15 is 0 Å². The first-order chi connectivity index (χ1) is 9.61. The maximum absolute atomic E-state index is 11.0. The summed E-state index contributed by atoms with van der Waals surface area (Å²) in [4.78, 5) is 11.9. The van der Waals surface area contributed by atoms with Gasteiger partial charge >= 0.3 is 0 Å². The summed E-state index contributed by atoms with van der Waals surface area (Å²) >= 11 is 7.50. The first kappa shape index (κ1) is 15.0. The van der Waals surface area contributed by atoms with Gasteiger partial charge in [-0.25, -0.2) is 0 Å². The Morgan fingerprint density at radius 3 is 2.85 bits per heavy atom. The van der Waals surface area contributed by atoms with Gasteiger partial charge in [-0.15, -0.1) is 11.3 Å². The monoisotopic (exact) mass is 310 g/mol. The van der Waals surface area contributed by atoms with E-state index in [1.54, 1.807) is 23.5 Å². The Bertz CT molecular complexity index is 587. The molecule has 2 aromatic rings. The molecule has 1 aromatic heterocycles. The van der Waals surface area contributed by atoms with Gasteiger partial charge in [0.1, 0.15) is 0 Å². The topological polar surface area (TPSA) is 55.2 Å². The molecule has 1 heterocycles. The third-order valence-corrected chi connectivity index (χ3v) is 4.30. The Balaban J connectivity index is 2.12. The van der Waals surface area contributed by atoms with Gasteiger partial charge in [-0.05, 0) is 30.0 Å². The van der Waals surface area contributed by atoms with Crippen LogP contribution in [0.3, 0.4) is 0 Å². The number of benzene rings is 1. The van der Waals surface area contributed by atoms with Crippen molar-refractivity contribution in [3.63, 3.8) is 0 Å². The van der Waals surface area contributed by atoms with E-state index in [0.29, 0.717) is 17.1 Å². The number of nitrogens with zero attached hydrogens (tertiary/aromatic N) is 1. The molecule has 0 aliphatic heterocycles. The molecule has 106 valence electrons. The highest BCUT2D eigenvalue weighted by Crippen LogP contribution is 2.26. The molecule has 0 bridgehead atoms. The Hall–Kier alpha value is -1.43. The van der Waals surface area contributed by atoms with E-state index in [1.807, 2.05) is 11.4 Å². The third kappa shape index (κ3) is 3.56. The number of rotatable bonds is 6. The summed E-state index contributed by atoms with van der Waals surface area (Å²) in [6.45, 7) is 2.54. The van der Waals surface area contributed by atoms with Gasteiger partial charge in [-0.1, -0.05) is 24.6 Å². The van der Waals surface area contributed by atoms with Crippen molar-refractivity contribution in [3.8, 4) is 0 Å². The summed E-state index contributed by atoms with van der Waals surface area (Å²) in [7, 11) is 0. The zero-order valence-corrected chi connectivity index (χ0v) is 12.6. The lowest BCUT2D eigenvalue weighted by molar-refractivity contribution is -0.385. The van der Waals surface area contributed by atoms with Crippen molar-refractivity contribution in [1.29, 1.82) is 0 Å². The van der Waals surface area contributed by atoms with E-state index in [4.69, 9.17) is 11.6 Å². The Morgan fingerprint density at radius 1 is 1.45 bits per heavy atom. The fourth-order valence-electron chi connectivity index (χ4n) is 2.03. The van der Waals surface area contributed by atoms with Gasteiger partial charge in [-0.3, -0.25) is 10.1 Å². The fourth-order valence-corrected chi connectivity index (χ4v) is 3.08. The van der Waals surface area contributed by atoms with E-state index in [2.05, 4.69) is 18.3 Å². The quantitative estimate of drug-likeness (QED) is 0.629. The normalized spacial score (nSPS) is 12.3. The van der Waals surface area contributed by atoms with Gasteiger partial charge in [0.2, 0.25) is 0 Å². The lowest BCUT2D eigenvalue weighted by Gasteiger charge is -2.15. The van der Waals surface area contributed by atoms with Gasteiger partial charge in [0, 0.05) is 34.1 Å². The average molecular weight is 311 g/mol. The molecule has 1 aromatic carbocycles. The molecule has 1 atom stereocenters. The molecule has 0 saturated heterocycles. The van der Waals surface area contributed by atoms with E-state index in [9.17, 15) is 10.1 Å². The van der Waals surface area contributed by atoms with Crippen LogP contribution in [-0.2, 0) is 6.54 Å². The second kappa shape index (κ2) is 6.83. The second-order valence-electron chi connectivity index (χ2n) is 4.39. The lowest BCUT2D eigenvalue weighted by Crippen LogP contribution is -2.20. The van der Waals surface area contributed by atoms with Gasteiger partial charge < -0.3 is 5.32 Å². The van der Waals surface area contributed by atoms with Crippen LogP contribution in [0.2, 0.25) is 5.02 Å². The Morgan fingerprint density at radius 2 is 2.25 bits per heavy atom. The largest absolute Gasteiger partial charge is 0.305 e. The summed E-state index contributed by atoms with van der Waals surface area (Å²) < 4.78 is 0. The molecule has 0 spiro atoms. The number of nitrogens with one attached hydrogen (secondary N) is 1. The van der Waals surface area contributed by atoms with E-state index in [-0.39, 0.29) is 11.7 Å². The van der Waals surface area contributed by atoms with E-state index < -0.39 is 4.92 Å². The van der Waals surface area contributed by atoms with Crippen LogP contribution in [0.5, 0.6) is 0 Å². The molecule has 20 heavy (non-hydrogen) atoms. The summed E-state index contributed by atoms with van der Waals surface area (Å²) in [5.41, 5.74) is 0.709. The maximum Gasteiger partial charge on any atom is 0.275 e. The van der Waals surface area contributed by atoms with Crippen LogP contribution < -0.4 is 5.32 Å². The zero-order valence-electron chi connectivity index (χ0n) is 11.0. The molecular formula is C14H15ClN2O2S. The lowest BCUT2D eigenvalue weighted by atomic mass is 10.1. The van der Waals surface area contributed by atoms with Crippen molar-refractivity contribution >= 4 is 28.6 Å². The Labute approximate surface area is 126 Å². The minimum Gasteiger partial charge on any atom is -0.305 e. The van der Waals surface area contributed by atoms with Gasteiger partial charge in [0.05, 0.1) is 4.92 Å². The van der Waals surface area contributed by atoms with Crippen molar-refractivity contribution in [1.82, 2.24) is 5.32 Å². The third-order valence-electron chi connectivity index (χ3n) is 3.08. The highest BCUT2D eigenvalue weighted by Gasteiger charge is 2.16. The number of hydrogen-bond acceptors (Lipinski definition) is 4. The molecule has 1 unspecified atom stereocenters. The molecule has 0 aliphatic rings. The smallest absolute Gasteiger partial charge is 0.275 e. The predicted molar refractivity (Wildman–Crippen MR) is 82.3 cm³/mol. The molecule has 0 amide bonds. The second-order valence-corrected chi connectivity index (χ2v) is 5.80. The van der Waals surface area contributed by atoms with Crippen molar-refractivity contribution in [3.05, 3.63) is 61.3 Å². The standard InChI is InChI=1S/C14H15ClN2O2S/c1-2-12(14-4-3-7-20-14)16-9-10-5-6-11(15)8-13(10)17(18)19/h3-8,12,16H,2,9H2,1H3. The van der Waals surface area contributed by atoms with Crippen molar-refractivity contribution in [2.45, 2.75) is 25.9 Å². The summed E-state index contributed by atoms with van der Waals surface area (Å²) in [6, 6.07) is 9.07. The molecular weight excluding hydrogens is 296 g/mol. The Kier molecular flexibility index (Phi) is 5.11. The van der Waals surface area contributed by atoms with Gasteiger partial charge in [0.25, 0.3) is 5.69 Å². The molecule has 0 aliphatic carbocycles. The van der Waals surface area contributed by atoms with Crippen LogP contribution in [0.25, 0.3) is 0 Å². The molecule has 6 heteroatoms. The van der Waals surface area contributed by atoms with Crippen LogP contribution in [0.4, 0.5) is 5.69 Å². The number of nitro benzene ring substituents is 1. The van der Waals surface area contributed by atoms with Crippen molar-refractivity contribution in [2.75, 3.05) is 0 Å². The average Bonchev–Trinajstić information content (AvgIpc) is 2.94. The molecule has 0 radical (unpaired) electrons. The van der Waals surface area contributed by atoms with Gasteiger partial charge in [0.15, 0.2) is 0 Å². The highest BCUT2D eigenvalue weighted by molar-refractivity contribution is 7.10. The number of thiophene rings is 1. The molecule has 2 rings (SSSR count). The van der Waals surface area contributed by atoms with Crippen molar-refractivity contribution in [2.24, 2.45) is 0 Å². The van der Waals surface area contributed by atoms with Crippen molar-refractivity contribution < 1.29 is 4.92 Å². The molecule has 4 nitrogen and oxygen atoms in total. The minimum absolute atomic E-state index is 0.0611. The van der Waals surface area contributed by atoms with Crippen LogP contribution in [0.15, 0.2) is 35.7 Å². The number of halogens is 1. The molecule has 0 fully saturated rings. The van der Waals surface area contributed by atoms with E-state index in [1.165, 1.54) is 10.9 Å². The zero-order chi connectivity index (χ0) is 14.5. The first-order valence-corrected chi connectivity index (χ1v) is 7.57.